The Hall–Kier alpha value is -0.340. The van der Waals surface area contributed by atoms with E-state index in [9.17, 15) is 0 Å². The van der Waals surface area contributed by atoms with Crippen molar-refractivity contribution in [3.05, 3.63) is 12.2 Å². The lowest BCUT2D eigenvalue weighted by atomic mass is 9.94. The SMILES string of the molecule is C=C1CCC(OCCN(CC)CC)CC1. The molecule has 0 aliphatic heterocycles. The van der Waals surface area contributed by atoms with Crippen molar-refractivity contribution in [2.24, 2.45) is 0 Å². The van der Waals surface area contributed by atoms with E-state index in [0.29, 0.717) is 6.10 Å². The molecule has 0 aromatic carbocycles. The largest absolute Gasteiger partial charge is 0.377 e. The molecule has 1 aliphatic carbocycles. The van der Waals surface area contributed by atoms with Crippen molar-refractivity contribution in [1.29, 1.82) is 0 Å². The minimum Gasteiger partial charge on any atom is -0.377 e. The van der Waals surface area contributed by atoms with E-state index >= 15 is 0 Å². The maximum absolute atomic E-state index is 5.88. The molecule has 0 amide bonds. The lowest BCUT2D eigenvalue weighted by Crippen LogP contribution is -2.29. The van der Waals surface area contributed by atoms with Gasteiger partial charge >= 0.3 is 0 Å². The average Bonchev–Trinajstić information content (AvgIpc) is 2.27. The van der Waals surface area contributed by atoms with Gasteiger partial charge in [-0.15, -0.1) is 0 Å². The quantitative estimate of drug-likeness (QED) is 0.626. The van der Waals surface area contributed by atoms with Gasteiger partial charge in [-0.2, -0.15) is 0 Å². The van der Waals surface area contributed by atoms with Gasteiger partial charge in [-0.25, -0.2) is 0 Å². The minimum absolute atomic E-state index is 0.492. The Balaban J connectivity index is 2.07. The van der Waals surface area contributed by atoms with E-state index in [4.69, 9.17) is 4.74 Å². The zero-order valence-corrected chi connectivity index (χ0v) is 10.3. The summed E-state index contributed by atoms with van der Waals surface area (Å²) in [5.41, 5.74) is 1.40. The zero-order chi connectivity index (χ0) is 11.1. The van der Waals surface area contributed by atoms with Gasteiger partial charge in [0, 0.05) is 6.54 Å². The van der Waals surface area contributed by atoms with E-state index in [2.05, 4.69) is 25.3 Å². The fourth-order valence-electron chi connectivity index (χ4n) is 2.05. The van der Waals surface area contributed by atoms with Gasteiger partial charge < -0.3 is 9.64 Å². The third-order valence-electron chi connectivity index (χ3n) is 3.30. The van der Waals surface area contributed by atoms with Crippen LogP contribution < -0.4 is 0 Å². The molecule has 15 heavy (non-hydrogen) atoms. The van der Waals surface area contributed by atoms with Crippen LogP contribution in [0.2, 0.25) is 0 Å². The summed E-state index contributed by atoms with van der Waals surface area (Å²) in [6.07, 6.45) is 5.17. The number of ether oxygens (including phenoxy) is 1. The van der Waals surface area contributed by atoms with Crippen LogP contribution in [0.5, 0.6) is 0 Å². The van der Waals surface area contributed by atoms with Gasteiger partial charge in [0.2, 0.25) is 0 Å². The Kier molecular flexibility index (Phi) is 5.96. The highest BCUT2D eigenvalue weighted by Gasteiger charge is 2.15. The molecular weight excluding hydrogens is 186 g/mol. The smallest absolute Gasteiger partial charge is 0.0597 e. The molecule has 1 saturated carbocycles. The molecule has 2 nitrogen and oxygen atoms in total. The molecule has 0 radical (unpaired) electrons. The number of rotatable bonds is 6. The van der Waals surface area contributed by atoms with Crippen molar-refractivity contribution >= 4 is 0 Å². The first-order valence-corrected chi connectivity index (χ1v) is 6.26. The normalized spacial score (nSPS) is 18.7. The van der Waals surface area contributed by atoms with Gasteiger partial charge in [0.25, 0.3) is 0 Å². The van der Waals surface area contributed by atoms with E-state index in [1.54, 1.807) is 0 Å². The second-order valence-electron chi connectivity index (χ2n) is 4.35. The van der Waals surface area contributed by atoms with Crippen molar-refractivity contribution in [3.8, 4) is 0 Å². The van der Waals surface area contributed by atoms with Gasteiger partial charge in [-0.05, 0) is 38.8 Å². The molecule has 1 rings (SSSR count). The van der Waals surface area contributed by atoms with Crippen LogP contribution in [0.4, 0.5) is 0 Å². The molecule has 0 heterocycles. The molecule has 0 N–H and O–H groups in total. The van der Waals surface area contributed by atoms with E-state index in [-0.39, 0.29) is 0 Å². The van der Waals surface area contributed by atoms with Gasteiger partial charge in [0.15, 0.2) is 0 Å². The first-order chi connectivity index (χ1) is 7.26. The van der Waals surface area contributed by atoms with Crippen LogP contribution in [0.25, 0.3) is 0 Å². The third kappa shape index (κ3) is 4.80. The zero-order valence-electron chi connectivity index (χ0n) is 10.3. The number of nitrogens with zero attached hydrogens (tertiary/aromatic N) is 1. The molecule has 1 fully saturated rings. The highest BCUT2D eigenvalue weighted by molar-refractivity contribution is 4.98. The molecule has 0 atom stereocenters. The molecule has 0 unspecified atom stereocenters. The number of hydrogen-bond donors (Lipinski definition) is 0. The lowest BCUT2D eigenvalue weighted by molar-refractivity contribution is 0.0236. The Morgan fingerprint density at radius 1 is 1.27 bits per heavy atom. The first kappa shape index (κ1) is 12.7. The number of hydrogen-bond acceptors (Lipinski definition) is 2. The van der Waals surface area contributed by atoms with Gasteiger partial charge in [-0.3, -0.25) is 0 Å². The lowest BCUT2D eigenvalue weighted by Gasteiger charge is -2.25. The van der Waals surface area contributed by atoms with Crippen molar-refractivity contribution in [3.63, 3.8) is 0 Å². The summed E-state index contributed by atoms with van der Waals surface area (Å²) in [6.45, 7) is 12.6. The van der Waals surface area contributed by atoms with Crippen LogP contribution >= 0.6 is 0 Å². The topological polar surface area (TPSA) is 12.5 Å². The summed E-state index contributed by atoms with van der Waals surface area (Å²) < 4.78 is 5.88. The fraction of sp³-hybridized carbons (Fsp3) is 0.846. The highest BCUT2D eigenvalue weighted by Crippen LogP contribution is 2.23. The summed E-state index contributed by atoms with van der Waals surface area (Å²) in [7, 11) is 0. The maximum atomic E-state index is 5.88. The maximum Gasteiger partial charge on any atom is 0.0597 e. The van der Waals surface area contributed by atoms with Gasteiger partial charge in [0.05, 0.1) is 12.7 Å². The van der Waals surface area contributed by atoms with E-state index < -0.39 is 0 Å². The molecule has 1 aliphatic rings. The van der Waals surface area contributed by atoms with Crippen LogP contribution in [-0.4, -0.2) is 37.2 Å². The Morgan fingerprint density at radius 3 is 2.40 bits per heavy atom. The molecule has 2 heteroatoms. The van der Waals surface area contributed by atoms with Crippen molar-refractivity contribution in [1.82, 2.24) is 4.90 Å². The van der Waals surface area contributed by atoms with Crippen LogP contribution in [0, 0.1) is 0 Å². The average molecular weight is 211 g/mol. The van der Waals surface area contributed by atoms with Gasteiger partial charge in [-0.1, -0.05) is 26.0 Å². The predicted molar refractivity (Wildman–Crippen MR) is 65.1 cm³/mol. The van der Waals surface area contributed by atoms with Crippen LogP contribution in [-0.2, 0) is 4.74 Å². The molecule has 0 saturated heterocycles. The number of likely N-dealkylation sites (N-methyl/N-ethyl adjacent to an activating group) is 1. The van der Waals surface area contributed by atoms with Crippen molar-refractivity contribution in [2.75, 3.05) is 26.2 Å². The summed E-state index contributed by atoms with van der Waals surface area (Å²) in [6, 6.07) is 0. The predicted octanol–water partition coefficient (Wildman–Crippen LogP) is 2.84. The Morgan fingerprint density at radius 2 is 1.87 bits per heavy atom. The van der Waals surface area contributed by atoms with E-state index in [1.807, 2.05) is 0 Å². The van der Waals surface area contributed by atoms with Crippen LogP contribution in [0.15, 0.2) is 12.2 Å². The first-order valence-electron chi connectivity index (χ1n) is 6.26. The second-order valence-corrected chi connectivity index (χ2v) is 4.35. The monoisotopic (exact) mass is 211 g/mol. The van der Waals surface area contributed by atoms with Gasteiger partial charge in [0.1, 0.15) is 0 Å². The van der Waals surface area contributed by atoms with E-state index in [0.717, 1.165) is 39.1 Å². The molecule has 0 aromatic heterocycles. The minimum atomic E-state index is 0.492. The summed E-state index contributed by atoms with van der Waals surface area (Å²) in [4.78, 5) is 2.40. The highest BCUT2D eigenvalue weighted by atomic mass is 16.5. The van der Waals surface area contributed by atoms with Crippen LogP contribution in [0.3, 0.4) is 0 Å². The van der Waals surface area contributed by atoms with Crippen molar-refractivity contribution in [2.45, 2.75) is 45.6 Å². The summed E-state index contributed by atoms with van der Waals surface area (Å²) in [5, 5.41) is 0. The molecule has 0 spiro atoms. The molecule has 0 aromatic rings. The van der Waals surface area contributed by atoms with Crippen LogP contribution in [0.1, 0.15) is 39.5 Å². The number of allylic oxidation sites excluding steroid dienone is 1. The standard InChI is InChI=1S/C13H25NO/c1-4-14(5-2)10-11-15-13-8-6-12(3)7-9-13/h13H,3-11H2,1-2H3. The second kappa shape index (κ2) is 7.02. The molecule has 0 bridgehead atoms. The van der Waals surface area contributed by atoms with E-state index in [1.165, 1.54) is 18.4 Å². The molecular formula is C13H25NO. The Bertz CT molecular complexity index is 177. The Labute approximate surface area is 94.3 Å². The third-order valence-corrected chi connectivity index (χ3v) is 3.30. The fourth-order valence-corrected chi connectivity index (χ4v) is 2.05. The molecule has 88 valence electrons. The summed E-state index contributed by atoms with van der Waals surface area (Å²) in [5.74, 6) is 0. The van der Waals surface area contributed by atoms with Crippen molar-refractivity contribution < 1.29 is 4.74 Å². The summed E-state index contributed by atoms with van der Waals surface area (Å²) >= 11 is 0.